The summed E-state index contributed by atoms with van der Waals surface area (Å²) in [5, 5.41) is 0. The topological polar surface area (TPSA) is 67.4 Å². The van der Waals surface area contributed by atoms with Crippen LogP contribution < -0.4 is 10.6 Å². The third kappa shape index (κ3) is 3.94. The van der Waals surface area contributed by atoms with Crippen LogP contribution in [-0.2, 0) is 11.3 Å². The van der Waals surface area contributed by atoms with Crippen molar-refractivity contribution in [3.05, 3.63) is 23.8 Å². The van der Waals surface area contributed by atoms with Crippen LogP contribution in [0.25, 0.3) is 11.0 Å². The minimum atomic E-state index is -2.79. The summed E-state index contributed by atoms with van der Waals surface area (Å²) in [5.74, 6) is -5.16. The van der Waals surface area contributed by atoms with Crippen molar-refractivity contribution in [2.45, 2.75) is 43.9 Å². The SMILES string of the molecule is N[C@@H]1CN(c2nc3cc(F)c(F)cc3n2CC(=O)N2CCC(F)(F)CC2)CC[C@H]1F. The highest BCUT2D eigenvalue weighted by Gasteiger charge is 2.36. The molecule has 1 aromatic heterocycles. The number of hydrogen-bond donors (Lipinski definition) is 1. The Morgan fingerprint density at radius 3 is 2.50 bits per heavy atom. The van der Waals surface area contributed by atoms with E-state index < -0.39 is 48.5 Å². The van der Waals surface area contributed by atoms with Gasteiger partial charge in [0.05, 0.1) is 17.1 Å². The summed E-state index contributed by atoms with van der Waals surface area (Å²) in [7, 11) is 0. The van der Waals surface area contributed by atoms with Gasteiger partial charge in [-0.1, -0.05) is 0 Å². The van der Waals surface area contributed by atoms with E-state index in [-0.39, 0.29) is 56.1 Å². The zero-order valence-corrected chi connectivity index (χ0v) is 16.1. The van der Waals surface area contributed by atoms with Gasteiger partial charge in [0.25, 0.3) is 5.92 Å². The molecule has 2 saturated heterocycles. The first-order valence-corrected chi connectivity index (χ1v) is 9.80. The maximum Gasteiger partial charge on any atom is 0.251 e. The molecule has 0 bridgehead atoms. The van der Waals surface area contributed by atoms with Gasteiger partial charge in [0.2, 0.25) is 11.9 Å². The summed E-state index contributed by atoms with van der Waals surface area (Å²) < 4.78 is 69.6. The summed E-state index contributed by atoms with van der Waals surface area (Å²) >= 11 is 0. The number of alkyl halides is 3. The zero-order chi connectivity index (χ0) is 21.6. The molecular weight excluding hydrogens is 409 g/mol. The summed E-state index contributed by atoms with van der Waals surface area (Å²) in [6, 6.07) is 1.11. The van der Waals surface area contributed by atoms with E-state index in [4.69, 9.17) is 5.73 Å². The fourth-order valence-electron chi connectivity index (χ4n) is 3.96. The van der Waals surface area contributed by atoms with Gasteiger partial charge in [-0.25, -0.2) is 26.9 Å². The lowest BCUT2D eigenvalue weighted by Gasteiger charge is -2.35. The minimum Gasteiger partial charge on any atom is -0.341 e. The molecule has 30 heavy (non-hydrogen) atoms. The molecule has 0 spiro atoms. The Hall–Kier alpha value is -2.43. The van der Waals surface area contributed by atoms with Gasteiger partial charge in [-0.3, -0.25) is 4.79 Å². The monoisotopic (exact) mass is 431 g/mol. The van der Waals surface area contributed by atoms with Crippen molar-refractivity contribution in [1.82, 2.24) is 14.5 Å². The first kappa shape index (κ1) is 20.8. The fourth-order valence-corrected chi connectivity index (χ4v) is 3.96. The van der Waals surface area contributed by atoms with E-state index in [9.17, 15) is 26.7 Å². The van der Waals surface area contributed by atoms with Crippen molar-refractivity contribution in [2.24, 2.45) is 5.73 Å². The molecule has 4 rings (SSSR count). The molecule has 2 aromatic rings. The standard InChI is InChI=1S/C19H22F5N5O/c20-11-1-4-28(9-14(11)25)18-26-15-7-12(21)13(22)8-16(15)29(18)10-17(30)27-5-2-19(23,24)3-6-27/h7-8,11,14H,1-6,9-10,25H2/t11-,14-/m1/s1. The predicted molar refractivity (Wildman–Crippen MR) is 100 cm³/mol. The first-order chi connectivity index (χ1) is 14.1. The normalized spacial score (nSPS) is 24.5. The highest BCUT2D eigenvalue weighted by atomic mass is 19.3. The molecule has 6 nitrogen and oxygen atoms in total. The highest BCUT2D eigenvalue weighted by molar-refractivity contribution is 5.83. The average Bonchev–Trinajstić information content (AvgIpc) is 3.01. The van der Waals surface area contributed by atoms with Gasteiger partial charge in [-0.15, -0.1) is 0 Å². The number of hydrogen-bond acceptors (Lipinski definition) is 4. The molecule has 0 unspecified atom stereocenters. The van der Waals surface area contributed by atoms with Gasteiger partial charge in [-0.05, 0) is 6.42 Å². The highest BCUT2D eigenvalue weighted by Crippen LogP contribution is 2.30. The van der Waals surface area contributed by atoms with E-state index in [0.717, 1.165) is 12.1 Å². The van der Waals surface area contributed by atoms with Crippen molar-refractivity contribution >= 4 is 22.9 Å². The number of rotatable bonds is 3. The number of piperidine rings is 2. The van der Waals surface area contributed by atoms with Crippen LogP contribution in [0.4, 0.5) is 27.9 Å². The second kappa shape index (κ2) is 7.68. The second-order valence-corrected chi connectivity index (χ2v) is 7.90. The molecule has 2 atom stereocenters. The summed E-state index contributed by atoms with van der Waals surface area (Å²) in [6.07, 6.45) is -1.86. The van der Waals surface area contributed by atoms with Gasteiger partial charge in [0.15, 0.2) is 11.6 Å². The van der Waals surface area contributed by atoms with Gasteiger partial charge >= 0.3 is 0 Å². The van der Waals surface area contributed by atoms with Gasteiger partial charge in [0, 0.05) is 51.2 Å². The lowest BCUT2D eigenvalue weighted by molar-refractivity contribution is -0.137. The number of fused-ring (bicyclic) bond motifs is 1. The van der Waals surface area contributed by atoms with E-state index in [1.165, 1.54) is 9.47 Å². The fraction of sp³-hybridized carbons (Fsp3) is 0.579. The van der Waals surface area contributed by atoms with E-state index in [1.807, 2.05) is 0 Å². The van der Waals surface area contributed by atoms with Crippen LogP contribution >= 0.6 is 0 Å². The Bertz CT molecular complexity index is 954. The van der Waals surface area contributed by atoms with Crippen molar-refractivity contribution in [2.75, 3.05) is 31.1 Å². The number of aromatic nitrogens is 2. The molecule has 1 aromatic carbocycles. The number of anilines is 1. The molecule has 0 aliphatic carbocycles. The number of amides is 1. The average molecular weight is 431 g/mol. The quantitative estimate of drug-likeness (QED) is 0.759. The van der Waals surface area contributed by atoms with Crippen LogP contribution in [0.15, 0.2) is 12.1 Å². The van der Waals surface area contributed by atoms with Crippen molar-refractivity contribution in [3.63, 3.8) is 0 Å². The molecule has 0 radical (unpaired) electrons. The molecule has 2 N–H and O–H groups in total. The second-order valence-electron chi connectivity index (χ2n) is 7.90. The Kier molecular flexibility index (Phi) is 5.33. The Morgan fingerprint density at radius 2 is 1.83 bits per heavy atom. The minimum absolute atomic E-state index is 0.0884. The number of nitrogens with zero attached hydrogens (tertiary/aromatic N) is 4. The largest absolute Gasteiger partial charge is 0.341 e. The summed E-state index contributed by atoms with van der Waals surface area (Å²) in [4.78, 5) is 20.1. The van der Waals surface area contributed by atoms with Crippen molar-refractivity contribution < 1.29 is 26.7 Å². The summed E-state index contributed by atoms with van der Waals surface area (Å²) in [6.45, 7) is -0.0655. The zero-order valence-electron chi connectivity index (χ0n) is 16.1. The number of carbonyl (C=O) groups excluding carboxylic acids is 1. The van der Waals surface area contributed by atoms with Gasteiger partial charge in [0.1, 0.15) is 12.7 Å². The van der Waals surface area contributed by atoms with E-state index in [0.29, 0.717) is 0 Å². The van der Waals surface area contributed by atoms with Crippen LogP contribution in [-0.4, -0.2) is 64.7 Å². The van der Waals surface area contributed by atoms with E-state index in [2.05, 4.69) is 4.98 Å². The smallest absolute Gasteiger partial charge is 0.251 e. The van der Waals surface area contributed by atoms with Crippen LogP contribution in [0.5, 0.6) is 0 Å². The number of imidazole rings is 1. The molecule has 164 valence electrons. The number of nitrogens with two attached hydrogens (primary N) is 1. The van der Waals surface area contributed by atoms with Crippen molar-refractivity contribution in [3.8, 4) is 0 Å². The van der Waals surface area contributed by atoms with E-state index >= 15 is 0 Å². The first-order valence-electron chi connectivity index (χ1n) is 9.80. The molecule has 2 aliphatic rings. The third-order valence-electron chi connectivity index (χ3n) is 5.76. The van der Waals surface area contributed by atoms with Crippen LogP contribution in [0, 0.1) is 11.6 Å². The molecular formula is C19H22F5N5O. The Labute approximate surface area is 169 Å². The Balaban J connectivity index is 1.66. The molecule has 2 fully saturated rings. The molecule has 1 amide bonds. The molecule has 11 heteroatoms. The van der Waals surface area contributed by atoms with Gasteiger partial charge in [-0.2, -0.15) is 0 Å². The number of halogens is 5. The van der Waals surface area contributed by atoms with Gasteiger partial charge < -0.3 is 20.1 Å². The van der Waals surface area contributed by atoms with Crippen molar-refractivity contribution in [1.29, 1.82) is 0 Å². The Morgan fingerprint density at radius 1 is 1.17 bits per heavy atom. The molecule has 0 saturated carbocycles. The number of carbonyl (C=O) groups is 1. The molecule has 2 aliphatic heterocycles. The maximum atomic E-state index is 13.9. The maximum absolute atomic E-state index is 13.9. The molecule has 3 heterocycles. The van der Waals surface area contributed by atoms with Crippen LogP contribution in [0.1, 0.15) is 19.3 Å². The lowest BCUT2D eigenvalue weighted by Crippen LogP contribution is -2.50. The lowest BCUT2D eigenvalue weighted by atomic mass is 10.1. The van der Waals surface area contributed by atoms with E-state index in [1.54, 1.807) is 4.90 Å². The van der Waals surface area contributed by atoms with Crippen LogP contribution in [0.3, 0.4) is 0 Å². The third-order valence-corrected chi connectivity index (χ3v) is 5.76. The van der Waals surface area contributed by atoms with Crippen LogP contribution in [0.2, 0.25) is 0 Å². The number of likely N-dealkylation sites (tertiary alicyclic amines) is 1. The predicted octanol–water partition coefficient (Wildman–Crippen LogP) is 2.45. The number of benzene rings is 1. The summed E-state index contributed by atoms with van der Waals surface area (Å²) in [5.41, 5.74) is 6.15.